The molecule has 2 rings (SSSR count). The van der Waals surface area contributed by atoms with Crippen LogP contribution in [0.4, 0.5) is 0 Å². The summed E-state index contributed by atoms with van der Waals surface area (Å²) in [5.41, 5.74) is 0. The van der Waals surface area contributed by atoms with Crippen molar-refractivity contribution in [3.63, 3.8) is 0 Å². The van der Waals surface area contributed by atoms with Crippen LogP contribution >= 0.6 is 0 Å². The van der Waals surface area contributed by atoms with Crippen molar-refractivity contribution in [1.82, 2.24) is 0 Å². The van der Waals surface area contributed by atoms with Crippen molar-refractivity contribution in [1.29, 1.82) is 0 Å². The number of rotatable bonds is 4. The lowest BCUT2D eigenvalue weighted by Crippen LogP contribution is -2.35. The third kappa shape index (κ3) is 3.39. The third-order valence-electron chi connectivity index (χ3n) is 2.56. The highest BCUT2D eigenvalue weighted by Gasteiger charge is 2.51. The summed E-state index contributed by atoms with van der Waals surface area (Å²) < 4.78 is 64.3. The smallest absolute Gasteiger partial charge is 0.264 e. The standard InChI is InChI=1S/C8H14O8S2/c1-17(9,10)15-5-3-13-8-6(4-14-7(5)8)16-18(2,11)12/h5-8H,3-4H2,1-2H3/t5-,6-,7-,8-/m1/s1. The van der Waals surface area contributed by atoms with Gasteiger partial charge in [-0.05, 0) is 0 Å². The van der Waals surface area contributed by atoms with E-state index in [0.717, 1.165) is 12.5 Å². The van der Waals surface area contributed by atoms with E-state index < -0.39 is 44.7 Å². The van der Waals surface area contributed by atoms with Gasteiger partial charge in [0.15, 0.2) is 0 Å². The molecule has 10 heteroatoms. The summed E-state index contributed by atoms with van der Waals surface area (Å²) in [6.45, 7) is 0.0397. The van der Waals surface area contributed by atoms with Crippen molar-refractivity contribution in [2.75, 3.05) is 25.7 Å². The van der Waals surface area contributed by atoms with E-state index in [-0.39, 0.29) is 13.2 Å². The molecule has 0 aromatic carbocycles. The lowest BCUT2D eigenvalue weighted by atomic mass is 10.1. The maximum absolute atomic E-state index is 11.0. The highest BCUT2D eigenvalue weighted by atomic mass is 32.2. The van der Waals surface area contributed by atoms with E-state index in [2.05, 4.69) is 0 Å². The first-order valence-electron chi connectivity index (χ1n) is 5.15. The van der Waals surface area contributed by atoms with Crippen molar-refractivity contribution < 1.29 is 34.7 Å². The predicted octanol–water partition coefficient (Wildman–Crippen LogP) is -1.53. The lowest BCUT2D eigenvalue weighted by Gasteiger charge is -2.15. The Kier molecular flexibility index (Phi) is 3.69. The fourth-order valence-corrected chi connectivity index (χ4v) is 3.27. The molecule has 18 heavy (non-hydrogen) atoms. The molecule has 0 aromatic rings. The van der Waals surface area contributed by atoms with E-state index in [9.17, 15) is 16.8 Å². The van der Waals surface area contributed by atoms with Crippen molar-refractivity contribution >= 4 is 20.2 Å². The molecule has 8 nitrogen and oxygen atoms in total. The zero-order valence-electron chi connectivity index (χ0n) is 9.81. The number of hydrogen-bond acceptors (Lipinski definition) is 8. The van der Waals surface area contributed by atoms with Gasteiger partial charge in [0.1, 0.15) is 24.4 Å². The summed E-state index contributed by atoms with van der Waals surface area (Å²) in [7, 11) is -7.24. The van der Waals surface area contributed by atoms with Gasteiger partial charge in [-0.2, -0.15) is 16.8 Å². The van der Waals surface area contributed by atoms with E-state index >= 15 is 0 Å². The molecule has 0 spiro atoms. The summed E-state index contributed by atoms with van der Waals surface area (Å²) in [4.78, 5) is 0. The lowest BCUT2D eigenvalue weighted by molar-refractivity contribution is 0.0226. The van der Waals surface area contributed by atoms with Gasteiger partial charge in [0.2, 0.25) is 0 Å². The Morgan fingerprint density at radius 1 is 0.833 bits per heavy atom. The Bertz CT molecular complexity index is 461. The van der Waals surface area contributed by atoms with Gasteiger partial charge in [-0.25, -0.2) is 0 Å². The van der Waals surface area contributed by atoms with E-state index in [1.807, 2.05) is 0 Å². The summed E-state index contributed by atoms with van der Waals surface area (Å²) >= 11 is 0. The minimum absolute atomic E-state index is 0.0199. The van der Waals surface area contributed by atoms with Crippen molar-refractivity contribution in [3.8, 4) is 0 Å². The van der Waals surface area contributed by atoms with E-state index in [1.54, 1.807) is 0 Å². The molecule has 0 bridgehead atoms. The Labute approximate surface area is 105 Å². The molecular weight excluding hydrogens is 288 g/mol. The van der Waals surface area contributed by atoms with Gasteiger partial charge in [0.25, 0.3) is 20.2 Å². The zero-order chi connectivity index (χ0) is 13.6. The van der Waals surface area contributed by atoms with Crippen LogP contribution in [0.1, 0.15) is 0 Å². The monoisotopic (exact) mass is 302 g/mol. The second kappa shape index (κ2) is 4.69. The molecule has 2 heterocycles. The number of hydrogen-bond donors (Lipinski definition) is 0. The molecule has 0 aliphatic carbocycles. The topological polar surface area (TPSA) is 105 Å². The Morgan fingerprint density at radius 3 is 1.44 bits per heavy atom. The SMILES string of the molecule is CS(=O)(=O)O[C@@H]1CO[C@H]2[C@@H]1OC[C@H]2OS(C)(=O)=O. The quantitative estimate of drug-likeness (QED) is 0.576. The van der Waals surface area contributed by atoms with Crippen LogP contribution in [0.25, 0.3) is 0 Å². The van der Waals surface area contributed by atoms with Crippen molar-refractivity contribution in [2.24, 2.45) is 0 Å². The predicted molar refractivity (Wildman–Crippen MR) is 58.9 cm³/mol. The highest BCUT2D eigenvalue weighted by Crippen LogP contribution is 2.31. The van der Waals surface area contributed by atoms with Crippen LogP contribution in [0.5, 0.6) is 0 Å². The van der Waals surface area contributed by atoms with Crippen molar-refractivity contribution in [2.45, 2.75) is 24.4 Å². The maximum Gasteiger partial charge on any atom is 0.264 e. The van der Waals surface area contributed by atoms with Crippen LogP contribution < -0.4 is 0 Å². The average molecular weight is 302 g/mol. The fourth-order valence-electron chi connectivity index (χ4n) is 2.04. The molecule has 0 amide bonds. The second-order valence-corrected chi connectivity index (χ2v) is 7.47. The normalized spacial score (nSPS) is 36.8. The van der Waals surface area contributed by atoms with Crippen LogP contribution in [0.3, 0.4) is 0 Å². The first-order chi connectivity index (χ1) is 8.16. The van der Waals surface area contributed by atoms with Gasteiger partial charge in [0.05, 0.1) is 25.7 Å². The highest BCUT2D eigenvalue weighted by molar-refractivity contribution is 7.86. The first-order valence-corrected chi connectivity index (χ1v) is 8.79. The molecule has 2 aliphatic heterocycles. The Balaban J connectivity index is 2.03. The summed E-state index contributed by atoms with van der Waals surface area (Å²) in [5.74, 6) is 0. The fraction of sp³-hybridized carbons (Fsp3) is 1.00. The molecule has 4 atom stereocenters. The second-order valence-electron chi connectivity index (χ2n) is 4.27. The zero-order valence-corrected chi connectivity index (χ0v) is 11.4. The minimum Gasteiger partial charge on any atom is -0.370 e. The molecule has 2 saturated heterocycles. The molecule has 0 unspecified atom stereocenters. The summed E-state index contributed by atoms with van der Waals surface area (Å²) in [6, 6.07) is 0. The van der Waals surface area contributed by atoms with E-state index in [4.69, 9.17) is 17.8 Å². The van der Waals surface area contributed by atoms with E-state index in [0.29, 0.717) is 0 Å². The summed E-state index contributed by atoms with van der Waals surface area (Å²) in [6.07, 6.45) is -0.936. The Morgan fingerprint density at radius 2 is 1.17 bits per heavy atom. The largest absolute Gasteiger partial charge is 0.370 e. The third-order valence-corrected chi connectivity index (χ3v) is 3.75. The van der Waals surface area contributed by atoms with Crippen LogP contribution in [0, 0.1) is 0 Å². The molecule has 2 aliphatic rings. The van der Waals surface area contributed by atoms with Crippen LogP contribution in [-0.4, -0.2) is 67.0 Å². The van der Waals surface area contributed by atoms with Gasteiger partial charge < -0.3 is 9.47 Å². The van der Waals surface area contributed by atoms with Crippen LogP contribution in [-0.2, 0) is 38.1 Å². The van der Waals surface area contributed by atoms with Crippen molar-refractivity contribution in [3.05, 3.63) is 0 Å². The average Bonchev–Trinajstić information content (AvgIpc) is 2.66. The van der Waals surface area contributed by atoms with Crippen LogP contribution in [0.2, 0.25) is 0 Å². The molecule has 106 valence electrons. The van der Waals surface area contributed by atoms with Gasteiger partial charge >= 0.3 is 0 Å². The Hall–Kier alpha value is -0.260. The van der Waals surface area contributed by atoms with E-state index in [1.165, 1.54) is 0 Å². The van der Waals surface area contributed by atoms with Gasteiger partial charge in [-0.1, -0.05) is 0 Å². The molecular formula is C8H14O8S2. The molecule has 0 aromatic heterocycles. The number of ether oxygens (including phenoxy) is 2. The number of fused-ring (bicyclic) bond motifs is 1. The first kappa shape index (κ1) is 14.2. The molecule has 0 saturated carbocycles. The van der Waals surface area contributed by atoms with Gasteiger partial charge in [-0.3, -0.25) is 8.37 Å². The van der Waals surface area contributed by atoms with Gasteiger partial charge in [0, 0.05) is 0 Å². The molecule has 0 radical (unpaired) electrons. The minimum atomic E-state index is -3.62. The molecule has 0 N–H and O–H groups in total. The summed E-state index contributed by atoms with van der Waals surface area (Å²) in [5, 5.41) is 0. The molecule has 2 fully saturated rings. The van der Waals surface area contributed by atoms with Crippen LogP contribution in [0.15, 0.2) is 0 Å². The maximum atomic E-state index is 11.0. The van der Waals surface area contributed by atoms with Gasteiger partial charge in [-0.15, -0.1) is 0 Å².